The molecule has 2 aromatic heterocycles. The summed E-state index contributed by atoms with van der Waals surface area (Å²) in [6.07, 6.45) is 4.16. The number of nitrogens with zero attached hydrogens (tertiary/aromatic N) is 2. The van der Waals surface area contributed by atoms with Crippen LogP contribution in [0.3, 0.4) is 0 Å². The number of aryl methyl sites for hydroxylation is 2. The third-order valence-electron chi connectivity index (χ3n) is 2.50. The van der Waals surface area contributed by atoms with Gasteiger partial charge in [-0.1, -0.05) is 6.92 Å². The van der Waals surface area contributed by atoms with Crippen LogP contribution in [0.25, 0.3) is 0 Å². The van der Waals surface area contributed by atoms with E-state index in [0.29, 0.717) is 5.82 Å². The lowest BCUT2D eigenvalue weighted by Gasteiger charge is -2.10. The van der Waals surface area contributed by atoms with E-state index in [4.69, 9.17) is 0 Å². The average Bonchev–Trinajstić information content (AvgIpc) is 2.82. The standard InChI is InChI=1S/C12H15N5O/c1-3-9-7-13-8(2)6-10(9)15-12(18)16-11-4-5-14-17-11/h4-7H,3H2,1-2H3,(H3,13,14,15,16,17,18). The van der Waals surface area contributed by atoms with Crippen molar-refractivity contribution in [3.8, 4) is 0 Å². The molecule has 0 aliphatic carbocycles. The van der Waals surface area contributed by atoms with Crippen molar-refractivity contribution >= 4 is 17.5 Å². The molecule has 0 aliphatic rings. The third-order valence-corrected chi connectivity index (χ3v) is 2.50. The predicted molar refractivity (Wildman–Crippen MR) is 69.6 cm³/mol. The van der Waals surface area contributed by atoms with Crippen LogP contribution < -0.4 is 10.6 Å². The van der Waals surface area contributed by atoms with Crippen molar-refractivity contribution < 1.29 is 4.79 Å². The quantitative estimate of drug-likeness (QED) is 0.776. The van der Waals surface area contributed by atoms with Crippen LogP contribution in [0.4, 0.5) is 16.3 Å². The first-order valence-electron chi connectivity index (χ1n) is 5.72. The molecule has 0 fully saturated rings. The first kappa shape index (κ1) is 12.1. The fourth-order valence-corrected chi connectivity index (χ4v) is 1.59. The molecule has 0 aliphatic heterocycles. The first-order valence-corrected chi connectivity index (χ1v) is 5.72. The van der Waals surface area contributed by atoms with Gasteiger partial charge in [0, 0.05) is 23.6 Å². The molecule has 94 valence electrons. The Morgan fingerprint density at radius 2 is 2.28 bits per heavy atom. The number of carbonyl (C=O) groups is 1. The maximum atomic E-state index is 11.8. The number of aromatic amines is 1. The summed E-state index contributed by atoms with van der Waals surface area (Å²) in [5, 5.41) is 11.9. The van der Waals surface area contributed by atoms with Gasteiger partial charge >= 0.3 is 6.03 Å². The molecule has 0 saturated carbocycles. The van der Waals surface area contributed by atoms with Crippen LogP contribution in [-0.4, -0.2) is 21.2 Å². The van der Waals surface area contributed by atoms with Crippen LogP contribution in [0.1, 0.15) is 18.2 Å². The van der Waals surface area contributed by atoms with Crippen molar-refractivity contribution in [2.45, 2.75) is 20.3 Å². The van der Waals surface area contributed by atoms with Gasteiger partial charge in [0.15, 0.2) is 0 Å². The minimum absolute atomic E-state index is 0.306. The second kappa shape index (κ2) is 5.31. The summed E-state index contributed by atoms with van der Waals surface area (Å²) in [5.74, 6) is 0.552. The summed E-state index contributed by atoms with van der Waals surface area (Å²) in [6.45, 7) is 3.90. The lowest BCUT2D eigenvalue weighted by atomic mass is 10.1. The topological polar surface area (TPSA) is 82.7 Å². The number of hydrogen-bond acceptors (Lipinski definition) is 3. The van der Waals surface area contributed by atoms with E-state index in [0.717, 1.165) is 23.4 Å². The van der Waals surface area contributed by atoms with E-state index in [-0.39, 0.29) is 6.03 Å². The first-order chi connectivity index (χ1) is 8.69. The molecule has 2 aromatic rings. The van der Waals surface area contributed by atoms with Gasteiger partial charge in [-0.15, -0.1) is 0 Å². The highest BCUT2D eigenvalue weighted by Crippen LogP contribution is 2.16. The summed E-state index contributed by atoms with van der Waals surface area (Å²) < 4.78 is 0. The van der Waals surface area contributed by atoms with Gasteiger partial charge in [0.25, 0.3) is 0 Å². The maximum Gasteiger partial charge on any atom is 0.324 e. The minimum Gasteiger partial charge on any atom is -0.307 e. The number of rotatable bonds is 3. The molecule has 0 spiro atoms. The summed E-state index contributed by atoms with van der Waals surface area (Å²) in [4.78, 5) is 16.0. The molecule has 6 heteroatoms. The zero-order valence-electron chi connectivity index (χ0n) is 10.3. The molecule has 0 aromatic carbocycles. The van der Waals surface area contributed by atoms with Gasteiger partial charge < -0.3 is 5.32 Å². The highest BCUT2D eigenvalue weighted by atomic mass is 16.2. The van der Waals surface area contributed by atoms with Gasteiger partial charge in [0.1, 0.15) is 5.82 Å². The van der Waals surface area contributed by atoms with Crippen LogP contribution >= 0.6 is 0 Å². The van der Waals surface area contributed by atoms with E-state index >= 15 is 0 Å². The zero-order chi connectivity index (χ0) is 13.0. The van der Waals surface area contributed by atoms with Gasteiger partial charge in [-0.05, 0) is 25.0 Å². The van der Waals surface area contributed by atoms with Crippen LogP contribution in [0, 0.1) is 6.92 Å². The predicted octanol–water partition coefficient (Wildman–Crippen LogP) is 2.32. The van der Waals surface area contributed by atoms with Crippen LogP contribution in [0.2, 0.25) is 0 Å². The normalized spacial score (nSPS) is 10.1. The zero-order valence-corrected chi connectivity index (χ0v) is 10.3. The number of hydrogen-bond donors (Lipinski definition) is 3. The molecule has 0 atom stereocenters. The van der Waals surface area contributed by atoms with Crippen molar-refractivity contribution in [3.05, 3.63) is 35.8 Å². The Balaban J connectivity index is 2.08. The number of nitrogens with one attached hydrogen (secondary N) is 3. The summed E-state index contributed by atoms with van der Waals surface area (Å²) in [6, 6.07) is 3.23. The van der Waals surface area contributed by atoms with Gasteiger partial charge in [-0.3, -0.25) is 15.4 Å². The lowest BCUT2D eigenvalue weighted by molar-refractivity contribution is 0.262. The molecule has 18 heavy (non-hydrogen) atoms. The second-order valence-corrected chi connectivity index (χ2v) is 3.89. The molecule has 0 radical (unpaired) electrons. The number of pyridine rings is 1. The number of anilines is 2. The van der Waals surface area contributed by atoms with Crippen LogP contribution in [-0.2, 0) is 6.42 Å². The Morgan fingerprint density at radius 3 is 2.94 bits per heavy atom. The average molecular weight is 245 g/mol. The Hall–Kier alpha value is -2.37. The Morgan fingerprint density at radius 1 is 1.44 bits per heavy atom. The Labute approximate surface area is 105 Å². The molecule has 0 saturated heterocycles. The molecular formula is C12H15N5O. The van der Waals surface area contributed by atoms with Crippen molar-refractivity contribution in [1.29, 1.82) is 0 Å². The number of aromatic nitrogens is 3. The van der Waals surface area contributed by atoms with Crippen LogP contribution in [0.5, 0.6) is 0 Å². The van der Waals surface area contributed by atoms with Crippen molar-refractivity contribution in [2.75, 3.05) is 10.6 Å². The molecule has 3 N–H and O–H groups in total. The van der Waals surface area contributed by atoms with Crippen molar-refractivity contribution in [1.82, 2.24) is 15.2 Å². The lowest BCUT2D eigenvalue weighted by Crippen LogP contribution is -2.20. The largest absolute Gasteiger partial charge is 0.324 e. The molecule has 0 unspecified atom stereocenters. The minimum atomic E-state index is -0.306. The summed E-state index contributed by atoms with van der Waals surface area (Å²) in [5.41, 5.74) is 2.64. The van der Waals surface area contributed by atoms with E-state index in [9.17, 15) is 4.79 Å². The number of urea groups is 1. The molecule has 6 nitrogen and oxygen atoms in total. The number of H-pyrrole nitrogens is 1. The molecule has 0 bridgehead atoms. The van der Waals surface area contributed by atoms with Gasteiger partial charge in [-0.2, -0.15) is 5.10 Å². The van der Waals surface area contributed by atoms with Crippen LogP contribution in [0.15, 0.2) is 24.5 Å². The fourth-order valence-electron chi connectivity index (χ4n) is 1.59. The van der Waals surface area contributed by atoms with Crippen molar-refractivity contribution in [2.24, 2.45) is 0 Å². The smallest absolute Gasteiger partial charge is 0.307 e. The number of carbonyl (C=O) groups excluding carboxylic acids is 1. The van der Waals surface area contributed by atoms with E-state index < -0.39 is 0 Å². The Bertz CT molecular complexity index is 535. The van der Waals surface area contributed by atoms with Gasteiger partial charge in [-0.25, -0.2) is 4.79 Å². The number of amides is 2. The highest BCUT2D eigenvalue weighted by Gasteiger charge is 2.07. The monoisotopic (exact) mass is 245 g/mol. The maximum absolute atomic E-state index is 11.8. The molecular weight excluding hydrogens is 230 g/mol. The van der Waals surface area contributed by atoms with E-state index in [1.807, 2.05) is 19.9 Å². The molecule has 2 amide bonds. The SMILES string of the molecule is CCc1cnc(C)cc1NC(=O)Nc1ccn[nH]1. The molecule has 2 rings (SSSR count). The van der Waals surface area contributed by atoms with E-state index in [2.05, 4.69) is 25.8 Å². The highest BCUT2D eigenvalue weighted by molar-refractivity contribution is 5.99. The Kier molecular flexibility index (Phi) is 3.57. The third kappa shape index (κ3) is 2.85. The van der Waals surface area contributed by atoms with Crippen molar-refractivity contribution in [3.63, 3.8) is 0 Å². The fraction of sp³-hybridized carbons (Fsp3) is 0.250. The van der Waals surface area contributed by atoms with E-state index in [1.54, 1.807) is 18.5 Å². The van der Waals surface area contributed by atoms with E-state index in [1.165, 1.54) is 0 Å². The second-order valence-electron chi connectivity index (χ2n) is 3.89. The molecule has 2 heterocycles. The van der Waals surface area contributed by atoms with Gasteiger partial charge in [0.05, 0.1) is 6.20 Å². The summed E-state index contributed by atoms with van der Waals surface area (Å²) in [7, 11) is 0. The van der Waals surface area contributed by atoms with Gasteiger partial charge in [0.2, 0.25) is 0 Å². The summed E-state index contributed by atoms with van der Waals surface area (Å²) >= 11 is 0.